The fourth-order valence-electron chi connectivity index (χ4n) is 3.84. The summed E-state index contributed by atoms with van der Waals surface area (Å²) in [6, 6.07) is 17.8. The van der Waals surface area contributed by atoms with Gasteiger partial charge in [0.25, 0.3) is 0 Å². The number of hydrogen-bond donors (Lipinski definition) is 1. The Kier molecular flexibility index (Phi) is 6.36. The molecule has 0 saturated heterocycles. The average Bonchev–Trinajstić information content (AvgIpc) is 3.15. The van der Waals surface area contributed by atoms with Crippen LogP contribution in [-0.4, -0.2) is 20.4 Å². The zero-order valence-corrected chi connectivity index (χ0v) is 17.5. The molecule has 2 aromatic heterocycles. The minimum absolute atomic E-state index is 0.0800. The van der Waals surface area contributed by atoms with Crippen LogP contribution in [-0.2, 0) is 17.8 Å². The number of nitrogens with zero attached hydrogens (tertiary/aromatic N) is 3. The third-order valence-corrected chi connectivity index (χ3v) is 5.34. The Hall–Kier alpha value is -3.54. The van der Waals surface area contributed by atoms with Crippen molar-refractivity contribution < 1.29 is 9.18 Å². The Balaban J connectivity index is 1.70. The van der Waals surface area contributed by atoms with Crippen LogP contribution in [0.3, 0.4) is 0 Å². The fraction of sp³-hybridized carbons (Fsp3) is 0.240. The van der Waals surface area contributed by atoms with Crippen LogP contribution in [0.25, 0.3) is 11.0 Å². The van der Waals surface area contributed by atoms with Crippen molar-refractivity contribution in [3.05, 3.63) is 95.8 Å². The molecular weight excluding hydrogens is 391 g/mol. The number of aromatic nitrogens is 3. The quantitative estimate of drug-likeness (QED) is 0.448. The number of hydrogen-bond acceptors (Lipinski definition) is 3. The summed E-state index contributed by atoms with van der Waals surface area (Å²) in [6.45, 7) is 2.46. The van der Waals surface area contributed by atoms with Crippen LogP contribution in [0.2, 0.25) is 0 Å². The summed E-state index contributed by atoms with van der Waals surface area (Å²) in [6.07, 6.45) is 5.25. The second-order valence-electron chi connectivity index (χ2n) is 7.54. The molecule has 0 aliphatic carbocycles. The molecule has 0 bridgehead atoms. The van der Waals surface area contributed by atoms with E-state index in [4.69, 9.17) is 4.98 Å². The molecule has 0 saturated carbocycles. The molecule has 158 valence electrons. The highest BCUT2D eigenvalue weighted by molar-refractivity contribution is 5.84. The number of para-hydroxylation sites is 2. The maximum absolute atomic E-state index is 14.4. The number of nitrogens with one attached hydrogen (secondary N) is 1. The minimum atomic E-state index is -0.434. The Morgan fingerprint density at radius 1 is 1.10 bits per heavy atom. The first-order chi connectivity index (χ1) is 15.2. The number of pyridine rings is 1. The number of amides is 1. The molecule has 0 unspecified atom stereocenters. The lowest BCUT2D eigenvalue weighted by Gasteiger charge is -2.21. The van der Waals surface area contributed by atoms with Gasteiger partial charge in [0, 0.05) is 25.4 Å². The predicted molar refractivity (Wildman–Crippen MR) is 119 cm³/mol. The molecule has 2 aromatic carbocycles. The van der Waals surface area contributed by atoms with Crippen LogP contribution in [0.15, 0.2) is 73.1 Å². The highest BCUT2D eigenvalue weighted by Gasteiger charge is 2.25. The summed E-state index contributed by atoms with van der Waals surface area (Å²) in [4.78, 5) is 22.1. The Morgan fingerprint density at radius 3 is 2.68 bits per heavy atom. The van der Waals surface area contributed by atoms with E-state index in [1.54, 1.807) is 24.5 Å². The molecule has 4 aromatic rings. The lowest BCUT2D eigenvalue weighted by atomic mass is 10.1. The highest BCUT2D eigenvalue weighted by Crippen LogP contribution is 2.27. The highest BCUT2D eigenvalue weighted by atomic mass is 19.1. The molecule has 6 heteroatoms. The molecule has 0 aliphatic heterocycles. The van der Waals surface area contributed by atoms with Crippen LogP contribution < -0.4 is 5.32 Å². The molecular formula is C25H25FN4O. The van der Waals surface area contributed by atoms with Crippen LogP contribution in [0.1, 0.15) is 42.8 Å². The molecule has 31 heavy (non-hydrogen) atoms. The summed E-state index contributed by atoms with van der Waals surface area (Å²) >= 11 is 0. The van der Waals surface area contributed by atoms with Crippen LogP contribution in [0.4, 0.5) is 4.39 Å². The van der Waals surface area contributed by atoms with Gasteiger partial charge >= 0.3 is 0 Å². The monoisotopic (exact) mass is 416 g/mol. The van der Waals surface area contributed by atoms with Crippen molar-refractivity contribution >= 4 is 16.9 Å². The van der Waals surface area contributed by atoms with Crippen LogP contribution in [0.5, 0.6) is 0 Å². The molecule has 5 nitrogen and oxygen atoms in total. The van der Waals surface area contributed by atoms with E-state index in [2.05, 4.69) is 17.2 Å². The molecule has 1 atom stereocenters. The molecule has 1 N–H and O–H groups in total. The normalized spacial score (nSPS) is 12.1. The predicted octanol–water partition coefficient (Wildman–Crippen LogP) is 4.82. The minimum Gasteiger partial charge on any atom is -0.350 e. The van der Waals surface area contributed by atoms with Crippen molar-refractivity contribution in [1.82, 2.24) is 19.9 Å². The van der Waals surface area contributed by atoms with Crippen molar-refractivity contribution in [1.29, 1.82) is 0 Å². The van der Waals surface area contributed by atoms with Gasteiger partial charge in [-0.15, -0.1) is 0 Å². The number of imidazole rings is 1. The maximum Gasteiger partial charge on any atom is 0.243 e. The van der Waals surface area contributed by atoms with Gasteiger partial charge in [-0.2, -0.15) is 0 Å². The number of halogens is 1. The van der Waals surface area contributed by atoms with Gasteiger partial charge in [-0.3, -0.25) is 9.78 Å². The van der Waals surface area contributed by atoms with Gasteiger partial charge < -0.3 is 9.88 Å². The first-order valence-corrected chi connectivity index (χ1v) is 10.5. The zero-order valence-electron chi connectivity index (χ0n) is 17.5. The number of rotatable bonds is 8. The van der Waals surface area contributed by atoms with Crippen LogP contribution in [0, 0.1) is 5.82 Å². The summed E-state index contributed by atoms with van der Waals surface area (Å²) in [5, 5.41) is 3.04. The Morgan fingerprint density at radius 2 is 1.90 bits per heavy atom. The smallest absolute Gasteiger partial charge is 0.243 e. The summed E-state index contributed by atoms with van der Waals surface area (Å²) in [5.41, 5.74) is 3.18. The van der Waals surface area contributed by atoms with E-state index < -0.39 is 6.04 Å². The topological polar surface area (TPSA) is 59.8 Å². The summed E-state index contributed by atoms with van der Waals surface area (Å²) < 4.78 is 16.3. The van der Waals surface area contributed by atoms with Crippen molar-refractivity contribution in [3.63, 3.8) is 0 Å². The second-order valence-corrected chi connectivity index (χ2v) is 7.54. The van der Waals surface area contributed by atoms with Crippen molar-refractivity contribution in [3.8, 4) is 0 Å². The van der Waals surface area contributed by atoms with E-state index in [9.17, 15) is 9.18 Å². The molecule has 2 heterocycles. The van der Waals surface area contributed by atoms with E-state index in [0.717, 1.165) is 23.0 Å². The number of benzene rings is 2. The van der Waals surface area contributed by atoms with E-state index in [0.29, 0.717) is 30.8 Å². The maximum atomic E-state index is 14.4. The number of fused-ring (bicyclic) bond motifs is 1. The second kappa shape index (κ2) is 9.51. The Bertz CT molecular complexity index is 1170. The largest absolute Gasteiger partial charge is 0.350 e. The molecule has 0 aliphatic rings. The zero-order chi connectivity index (χ0) is 21.6. The van der Waals surface area contributed by atoms with Gasteiger partial charge in [0.2, 0.25) is 5.91 Å². The summed E-state index contributed by atoms with van der Waals surface area (Å²) in [5.74, 6) is 0.332. The van der Waals surface area contributed by atoms with E-state index in [1.165, 1.54) is 6.07 Å². The third kappa shape index (κ3) is 4.63. The fourth-order valence-corrected chi connectivity index (χ4v) is 3.84. The van der Waals surface area contributed by atoms with Gasteiger partial charge in [0.1, 0.15) is 17.7 Å². The third-order valence-electron chi connectivity index (χ3n) is 5.34. The molecule has 0 fully saturated rings. The van der Waals surface area contributed by atoms with E-state index >= 15 is 0 Å². The standard InChI is InChI=1S/C25H25FN4O/c1-2-8-23(25(31)28-17-18-9-7-14-27-16-18)30-22-13-6-5-12-21(22)29-24(30)15-19-10-3-4-11-20(19)26/h3-7,9-14,16,23H,2,8,15,17H2,1H3,(H,28,31)/t23-/m0/s1. The molecule has 0 spiro atoms. The van der Waals surface area contributed by atoms with Gasteiger partial charge in [0.15, 0.2) is 0 Å². The van der Waals surface area contributed by atoms with Gasteiger partial charge in [-0.25, -0.2) is 9.37 Å². The lowest BCUT2D eigenvalue weighted by Crippen LogP contribution is -2.33. The SMILES string of the molecule is CCC[C@@H](C(=O)NCc1cccnc1)n1c(Cc2ccccc2F)nc2ccccc21. The Labute approximate surface area is 181 Å². The van der Waals surface area contributed by atoms with Crippen LogP contribution >= 0.6 is 0 Å². The van der Waals surface area contributed by atoms with Crippen molar-refractivity contribution in [2.24, 2.45) is 0 Å². The first-order valence-electron chi connectivity index (χ1n) is 10.5. The number of carbonyl (C=O) groups is 1. The number of carbonyl (C=O) groups excluding carboxylic acids is 1. The molecule has 0 radical (unpaired) electrons. The molecule has 4 rings (SSSR count). The molecule has 1 amide bonds. The van der Waals surface area contributed by atoms with Gasteiger partial charge in [-0.1, -0.05) is 49.7 Å². The summed E-state index contributed by atoms with van der Waals surface area (Å²) in [7, 11) is 0. The van der Waals surface area contributed by atoms with Gasteiger partial charge in [0.05, 0.1) is 11.0 Å². The van der Waals surface area contributed by atoms with E-state index in [1.807, 2.05) is 47.0 Å². The first kappa shape index (κ1) is 20.7. The van der Waals surface area contributed by atoms with Gasteiger partial charge in [-0.05, 0) is 41.8 Å². The average molecular weight is 417 g/mol. The van der Waals surface area contributed by atoms with Crippen molar-refractivity contribution in [2.45, 2.75) is 38.8 Å². The van der Waals surface area contributed by atoms with Crippen molar-refractivity contribution in [2.75, 3.05) is 0 Å². The van der Waals surface area contributed by atoms with E-state index in [-0.39, 0.29) is 11.7 Å². The lowest BCUT2D eigenvalue weighted by molar-refractivity contribution is -0.124.